The molecular formula is C12H14N6O. The standard InChI is InChI=1S/C12H14N6O/c13-8-1-3-9(4-2-8)18-10(5-6-11(18)19)7-16-17-12(14)15/h1-7,19H,13H2,(H4,14,15,17)/b16-7+. The molecule has 2 rings (SSSR count). The lowest BCUT2D eigenvalue weighted by atomic mass is 10.3. The Labute approximate surface area is 109 Å². The molecule has 1 aromatic heterocycles. The van der Waals surface area contributed by atoms with E-state index in [1.165, 1.54) is 6.21 Å². The number of nitrogens with two attached hydrogens (primary N) is 3. The summed E-state index contributed by atoms with van der Waals surface area (Å²) in [6, 6.07) is 10.3. The maximum absolute atomic E-state index is 9.85. The number of rotatable bonds is 3. The molecule has 1 heterocycles. The van der Waals surface area contributed by atoms with Crippen LogP contribution in [0.25, 0.3) is 5.69 Å². The smallest absolute Gasteiger partial charge is 0.211 e. The Morgan fingerprint density at radius 1 is 1.11 bits per heavy atom. The normalized spacial score (nSPS) is 10.7. The Balaban J connectivity index is 2.40. The van der Waals surface area contributed by atoms with E-state index in [0.717, 1.165) is 5.69 Å². The number of hydrogen-bond donors (Lipinski definition) is 4. The third kappa shape index (κ3) is 2.83. The highest BCUT2D eigenvalue weighted by molar-refractivity contribution is 5.81. The summed E-state index contributed by atoms with van der Waals surface area (Å²) in [5, 5.41) is 17.1. The average molecular weight is 258 g/mol. The highest BCUT2D eigenvalue weighted by Crippen LogP contribution is 2.21. The van der Waals surface area contributed by atoms with Gasteiger partial charge in [0.25, 0.3) is 0 Å². The molecule has 0 aliphatic rings. The van der Waals surface area contributed by atoms with Crippen molar-refractivity contribution in [3.8, 4) is 11.6 Å². The molecule has 0 unspecified atom stereocenters. The van der Waals surface area contributed by atoms with Crippen molar-refractivity contribution < 1.29 is 5.11 Å². The van der Waals surface area contributed by atoms with Crippen molar-refractivity contribution in [1.29, 1.82) is 0 Å². The first-order chi connectivity index (χ1) is 9.08. The Morgan fingerprint density at radius 2 is 1.79 bits per heavy atom. The fourth-order valence-corrected chi connectivity index (χ4v) is 1.60. The van der Waals surface area contributed by atoms with Gasteiger partial charge >= 0.3 is 0 Å². The quantitative estimate of drug-likeness (QED) is 0.274. The van der Waals surface area contributed by atoms with Crippen LogP contribution in [0.15, 0.2) is 46.6 Å². The Bertz CT molecular complexity index is 622. The van der Waals surface area contributed by atoms with E-state index >= 15 is 0 Å². The highest BCUT2D eigenvalue weighted by atomic mass is 16.3. The third-order valence-electron chi connectivity index (χ3n) is 2.40. The molecule has 98 valence electrons. The van der Waals surface area contributed by atoms with Crippen LogP contribution < -0.4 is 17.2 Å². The van der Waals surface area contributed by atoms with E-state index in [1.54, 1.807) is 41.0 Å². The number of nitrogen functional groups attached to an aromatic ring is 1. The fourth-order valence-electron chi connectivity index (χ4n) is 1.60. The summed E-state index contributed by atoms with van der Waals surface area (Å²) in [6.45, 7) is 0. The Kier molecular flexibility index (Phi) is 3.37. The second-order valence-corrected chi connectivity index (χ2v) is 3.81. The van der Waals surface area contributed by atoms with Gasteiger partial charge < -0.3 is 22.3 Å². The van der Waals surface area contributed by atoms with Crippen molar-refractivity contribution in [2.75, 3.05) is 5.73 Å². The zero-order chi connectivity index (χ0) is 13.8. The van der Waals surface area contributed by atoms with Crippen LogP contribution in [0.4, 0.5) is 5.69 Å². The number of anilines is 1. The number of benzene rings is 1. The molecule has 0 aliphatic heterocycles. The maximum atomic E-state index is 9.85. The molecule has 19 heavy (non-hydrogen) atoms. The van der Waals surface area contributed by atoms with Crippen molar-refractivity contribution >= 4 is 17.9 Å². The van der Waals surface area contributed by atoms with Gasteiger partial charge in [0, 0.05) is 17.4 Å². The molecule has 2 aromatic rings. The van der Waals surface area contributed by atoms with Crippen molar-refractivity contribution in [3.63, 3.8) is 0 Å². The van der Waals surface area contributed by atoms with Crippen molar-refractivity contribution in [2.24, 2.45) is 21.7 Å². The van der Waals surface area contributed by atoms with Gasteiger partial charge in [-0.25, -0.2) is 0 Å². The summed E-state index contributed by atoms with van der Waals surface area (Å²) >= 11 is 0. The Hall–Kier alpha value is -2.96. The summed E-state index contributed by atoms with van der Waals surface area (Å²) in [7, 11) is 0. The summed E-state index contributed by atoms with van der Waals surface area (Å²) in [5.74, 6) is -0.0537. The number of nitrogens with zero attached hydrogens (tertiary/aromatic N) is 3. The molecule has 0 amide bonds. The van der Waals surface area contributed by atoms with Gasteiger partial charge in [0.05, 0.1) is 11.9 Å². The van der Waals surface area contributed by atoms with Crippen molar-refractivity contribution in [1.82, 2.24) is 4.57 Å². The third-order valence-corrected chi connectivity index (χ3v) is 2.40. The van der Waals surface area contributed by atoms with E-state index in [9.17, 15) is 5.11 Å². The lowest BCUT2D eigenvalue weighted by molar-refractivity contribution is 0.442. The van der Waals surface area contributed by atoms with Crippen molar-refractivity contribution in [3.05, 3.63) is 42.1 Å². The second kappa shape index (κ2) is 5.13. The molecule has 7 nitrogen and oxygen atoms in total. The van der Waals surface area contributed by atoms with Gasteiger partial charge in [-0.15, -0.1) is 5.10 Å². The molecule has 7 heteroatoms. The van der Waals surface area contributed by atoms with Gasteiger partial charge in [0.15, 0.2) is 5.88 Å². The maximum Gasteiger partial charge on any atom is 0.211 e. The molecule has 0 aliphatic carbocycles. The van der Waals surface area contributed by atoms with Gasteiger partial charge in [-0.05, 0) is 30.3 Å². The van der Waals surface area contributed by atoms with Crippen LogP contribution in [-0.2, 0) is 0 Å². The molecular weight excluding hydrogens is 244 g/mol. The van der Waals surface area contributed by atoms with E-state index < -0.39 is 0 Å². The minimum Gasteiger partial charge on any atom is -0.494 e. The molecule has 0 bridgehead atoms. The van der Waals surface area contributed by atoms with E-state index in [0.29, 0.717) is 11.4 Å². The van der Waals surface area contributed by atoms with E-state index in [4.69, 9.17) is 17.2 Å². The Morgan fingerprint density at radius 3 is 2.42 bits per heavy atom. The minimum absolute atomic E-state index is 0.0796. The van der Waals surface area contributed by atoms with Gasteiger partial charge in [0.2, 0.25) is 5.96 Å². The number of aromatic nitrogens is 1. The van der Waals surface area contributed by atoms with Crippen LogP contribution in [0.5, 0.6) is 5.88 Å². The van der Waals surface area contributed by atoms with Gasteiger partial charge in [-0.1, -0.05) is 0 Å². The zero-order valence-corrected chi connectivity index (χ0v) is 10.1. The van der Waals surface area contributed by atoms with E-state index in [1.807, 2.05) is 0 Å². The molecule has 0 saturated heterocycles. The van der Waals surface area contributed by atoms with Crippen LogP contribution in [-0.4, -0.2) is 21.8 Å². The minimum atomic E-state index is -0.133. The molecule has 1 aromatic carbocycles. The van der Waals surface area contributed by atoms with Crippen LogP contribution in [0.1, 0.15) is 5.69 Å². The number of aromatic hydroxyl groups is 1. The van der Waals surface area contributed by atoms with Gasteiger partial charge in [-0.2, -0.15) is 5.10 Å². The first-order valence-corrected chi connectivity index (χ1v) is 5.46. The van der Waals surface area contributed by atoms with Crippen molar-refractivity contribution in [2.45, 2.75) is 0 Å². The topological polar surface area (TPSA) is 128 Å². The van der Waals surface area contributed by atoms with Gasteiger partial charge in [0.1, 0.15) is 0 Å². The number of guanidine groups is 1. The average Bonchev–Trinajstić information content (AvgIpc) is 2.72. The summed E-state index contributed by atoms with van der Waals surface area (Å²) in [6.07, 6.45) is 1.44. The summed E-state index contributed by atoms with van der Waals surface area (Å²) in [4.78, 5) is 0. The molecule has 7 N–H and O–H groups in total. The predicted octanol–water partition coefficient (Wildman–Crippen LogP) is 0.372. The zero-order valence-electron chi connectivity index (χ0n) is 10.1. The number of hydrogen-bond acceptors (Lipinski definition) is 4. The molecule has 0 radical (unpaired) electrons. The van der Waals surface area contributed by atoms with Crippen LogP contribution >= 0.6 is 0 Å². The van der Waals surface area contributed by atoms with Crippen LogP contribution in [0.3, 0.4) is 0 Å². The monoisotopic (exact) mass is 258 g/mol. The summed E-state index contributed by atoms with van der Waals surface area (Å²) < 4.78 is 1.59. The molecule has 0 fully saturated rings. The highest BCUT2D eigenvalue weighted by Gasteiger charge is 2.07. The lowest BCUT2D eigenvalue weighted by Crippen LogP contribution is -2.21. The second-order valence-electron chi connectivity index (χ2n) is 3.81. The van der Waals surface area contributed by atoms with E-state index in [2.05, 4.69) is 10.2 Å². The van der Waals surface area contributed by atoms with E-state index in [-0.39, 0.29) is 11.8 Å². The summed E-state index contributed by atoms with van der Waals surface area (Å²) in [5.41, 5.74) is 18.0. The van der Waals surface area contributed by atoms with Crippen LogP contribution in [0, 0.1) is 0 Å². The van der Waals surface area contributed by atoms with Crippen LogP contribution in [0.2, 0.25) is 0 Å². The van der Waals surface area contributed by atoms with Gasteiger partial charge in [-0.3, -0.25) is 4.57 Å². The largest absolute Gasteiger partial charge is 0.494 e. The predicted molar refractivity (Wildman–Crippen MR) is 75.3 cm³/mol. The lowest BCUT2D eigenvalue weighted by Gasteiger charge is -2.07. The molecule has 0 atom stereocenters. The first-order valence-electron chi connectivity index (χ1n) is 5.46. The SMILES string of the molecule is NC(N)=N/N=C/c1ccc(O)n1-c1ccc(N)cc1. The first kappa shape index (κ1) is 12.5. The molecule has 0 saturated carbocycles. The fraction of sp³-hybridized carbons (Fsp3) is 0. The molecule has 0 spiro atoms.